The van der Waals surface area contributed by atoms with E-state index in [4.69, 9.17) is 37.4 Å². The Bertz CT molecular complexity index is 3500. The van der Waals surface area contributed by atoms with E-state index in [2.05, 4.69) is 30.7 Å². The van der Waals surface area contributed by atoms with Crippen LogP contribution in [0.1, 0.15) is 72.6 Å². The summed E-state index contributed by atoms with van der Waals surface area (Å²) < 4.78 is 40.2. The number of nitrogens with zero attached hydrogens (tertiary/aromatic N) is 4. The highest BCUT2D eigenvalue weighted by Gasteiger charge is 2.37. The van der Waals surface area contributed by atoms with Crippen LogP contribution in [0.3, 0.4) is 0 Å². The number of rotatable bonds is 17. The third-order valence-electron chi connectivity index (χ3n) is 12.9. The minimum Gasteiger partial charge on any atom is -0.432 e. The molecule has 2 aliphatic carbocycles. The summed E-state index contributed by atoms with van der Waals surface area (Å²) in [4.78, 5) is 155. The fourth-order valence-corrected chi connectivity index (χ4v) is 9.67. The number of carbonyl (C=O) groups is 12. The van der Waals surface area contributed by atoms with E-state index < -0.39 is 80.7 Å². The van der Waals surface area contributed by atoms with Crippen molar-refractivity contribution in [1.82, 2.24) is 19.9 Å². The number of hydrogen-bond donors (Lipinski definition) is 4. The first-order valence-corrected chi connectivity index (χ1v) is 27.5. The van der Waals surface area contributed by atoms with Crippen molar-refractivity contribution in [2.75, 3.05) is 36.9 Å². The van der Waals surface area contributed by atoms with Gasteiger partial charge >= 0.3 is 21.6 Å². The Kier molecular flexibility index (Phi) is 18.9. The molecule has 6 aliphatic rings. The second-order valence-electron chi connectivity index (χ2n) is 18.1. The molecule has 4 aromatic rings. The average Bonchev–Trinajstić information content (AvgIpc) is 2.54. The Labute approximate surface area is 477 Å². The van der Waals surface area contributed by atoms with E-state index in [-0.39, 0.29) is 76.7 Å². The molecule has 0 radical (unpaired) electrons. The Morgan fingerprint density at radius 2 is 0.928 bits per heavy atom. The minimum absolute atomic E-state index is 0.0223. The van der Waals surface area contributed by atoms with Gasteiger partial charge in [-0.1, -0.05) is 57.6 Å². The minimum atomic E-state index is -4.19. The predicted molar refractivity (Wildman–Crippen MR) is 281 cm³/mol. The summed E-state index contributed by atoms with van der Waals surface area (Å²) in [6.07, 6.45) is 1.85. The van der Waals surface area contributed by atoms with E-state index in [0.717, 1.165) is 85.1 Å². The highest BCUT2D eigenvalue weighted by atomic mass is 35.7. The largest absolute Gasteiger partial charge is 0.533 e. The second kappa shape index (κ2) is 26.2. The predicted octanol–water partition coefficient (Wildman–Crippen LogP) is 5.00. The van der Waals surface area contributed by atoms with Crippen molar-refractivity contribution < 1.29 is 104 Å². The van der Waals surface area contributed by atoms with Crippen LogP contribution < -0.4 is 10.6 Å². The zero-order valence-electron chi connectivity index (χ0n) is 42.6. The molecule has 31 heteroatoms. The van der Waals surface area contributed by atoms with Crippen LogP contribution >= 0.6 is 22.7 Å². The van der Waals surface area contributed by atoms with Crippen LogP contribution in [0, 0.1) is 0 Å². The highest BCUT2D eigenvalue weighted by molar-refractivity contribution is 8.09. The van der Waals surface area contributed by atoms with Gasteiger partial charge in [0.05, 0.1) is 12.0 Å². The van der Waals surface area contributed by atoms with Crippen LogP contribution in [0.5, 0.6) is 0 Å². The van der Waals surface area contributed by atoms with Crippen molar-refractivity contribution in [3.05, 3.63) is 125 Å². The first-order valence-electron chi connectivity index (χ1n) is 24.5. The van der Waals surface area contributed by atoms with Gasteiger partial charge in [-0.3, -0.25) is 72.0 Å². The van der Waals surface area contributed by atoms with E-state index in [1.807, 2.05) is 30.3 Å². The first-order chi connectivity index (χ1) is 39.6. The normalized spacial score (nSPS) is 17.1. The summed E-state index contributed by atoms with van der Waals surface area (Å²) >= 11 is 0.741. The molecule has 0 aromatic heterocycles. The molecule has 83 heavy (non-hydrogen) atoms. The van der Waals surface area contributed by atoms with Crippen molar-refractivity contribution in [3.8, 4) is 22.3 Å². The Morgan fingerprint density at radius 3 is 1.35 bits per heavy atom. The van der Waals surface area contributed by atoms with Gasteiger partial charge in [-0.25, -0.2) is 14.8 Å². The first kappa shape index (κ1) is 59.9. The number of hydroxylamine groups is 4. The Morgan fingerprint density at radius 1 is 0.554 bits per heavy atom. The maximum atomic E-state index is 12.6. The van der Waals surface area contributed by atoms with E-state index >= 15 is 0 Å². The monoisotopic (exact) mass is 1200 g/mol. The number of fused-ring (bicyclic) bond motifs is 6. The van der Waals surface area contributed by atoms with E-state index in [1.165, 1.54) is 0 Å². The van der Waals surface area contributed by atoms with Gasteiger partial charge in [0, 0.05) is 115 Å². The van der Waals surface area contributed by atoms with Crippen LogP contribution in [0.25, 0.3) is 22.3 Å². The van der Waals surface area contributed by atoms with Crippen LogP contribution in [-0.2, 0) is 85.8 Å². The number of imide groups is 4. The summed E-state index contributed by atoms with van der Waals surface area (Å²) in [5.41, 5.74) is 7.47. The number of carbonyl (C=O) groups excluding carboxylic acids is 12. The lowest BCUT2D eigenvalue weighted by molar-refractivity contribution is -0.432. The average molecular weight is 1200 g/mol. The van der Waals surface area contributed by atoms with Crippen LogP contribution in [0.15, 0.2) is 108 Å². The smallest absolute Gasteiger partial charge is 0.432 e. The lowest BCUT2D eigenvalue weighted by atomic mass is 9.97. The summed E-state index contributed by atoms with van der Waals surface area (Å²) in [5, 5.41) is 18.5. The molecular weight excluding hydrogens is 1160 g/mol. The molecule has 2 atom stereocenters. The molecule has 10 amide bonds. The van der Waals surface area contributed by atoms with Gasteiger partial charge in [-0.05, 0) is 80.9 Å². The molecule has 2 unspecified atom stereocenters. The fourth-order valence-electron chi connectivity index (χ4n) is 9.27. The Hall–Kier alpha value is -9.17. The topological polar surface area (TPSA) is 372 Å². The lowest BCUT2D eigenvalue weighted by Gasteiger charge is -2.17. The van der Waals surface area contributed by atoms with Crippen molar-refractivity contribution in [1.29, 1.82) is 0 Å². The van der Waals surface area contributed by atoms with E-state index in [0.29, 0.717) is 32.0 Å². The maximum Gasteiger partial charge on any atom is 0.533 e. The van der Waals surface area contributed by atoms with Gasteiger partial charge in [0.2, 0.25) is 11.8 Å². The molecular formula is C52H43ClN6O22S2. The van der Waals surface area contributed by atoms with Gasteiger partial charge in [-0.2, -0.15) is 8.42 Å². The van der Waals surface area contributed by atoms with Crippen molar-refractivity contribution in [2.24, 2.45) is 0 Å². The quantitative estimate of drug-likeness (QED) is 0.0206. The van der Waals surface area contributed by atoms with Gasteiger partial charge in [0.1, 0.15) is 13.2 Å². The zero-order chi connectivity index (χ0) is 59.7. The molecule has 28 nitrogen and oxygen atoms in total. The third-order valence-corrected chi connectivity index (χ3v) is 13.5. The molecule has 2 fully saturated rings. The number of halogens is 1. The summed E-state index contributed by atoms with van der Waals surface area (Å²) in [6, 6.07) is 23.4. The molecule has 10 rings (SSSR count). The fraction of sp³-hybridized carbons (Fsp3) is 0.231. The van der Waals surface area contributed by atoms with Crippen molar-refractivity contribution in [3.63, 3.8) is 0 Å². The van der Waals surface area contributed by atoms with Gasteiger partial charge < -0.3 is 20.1 Å². The number of amides is 10. The van der Waals surface area contributed by atoms with Crippen molar-refractivity contribution >= 4 is 115 Å². The number of nitrogens with one attached hydrogen (secondary N) is 2. The molecule has 0 bridgehead atoms. The number of ether oxygens (including phenoxy) is 2. The molecule has 0 spiro atoms. The molecule has 4 aliphatic heterocycles. The van der Waals surface area contributed by atoms with E-state index in [1.54, 1.807) is 48.5 Å². The zero-order valence-corrected chi connectivity index (χ0v) is 45.0. The maximum absolute atomic E-state index is 12.6. The number of anilines is 2. The molecule has 0 saturated carbocycles. The number of hydrogen-bond acceptors (Lipinski definition) is 22. The van der Waals surface area contributed by atoms with E-state index in [9.17, 15) is 57.5 Å². The third kappa shape index (κ3) is 14.9. The molecule has 432 valence electrons. The Balaban J connectivity index is 0.000000201. The lowest BCUT2D eigenvalue weighted by Crippen LogP contribution is -2.33. The number of benzene rings is 4. The summed E-state index contributed by atoms with van der Waals surface area (Å²) in [6.45, 7) is -0.478. The van der Waals surface area contributed by atoms with Gasteiger partial charge in [0.25, 0.3) is 47.3 Å². The van der Waals surface area contributed by atoms with Crippen LogP contribution in [-0.4, -0.2) is 136 Å². The highest BCUT2D eigenvalue weighted by Crippen LogP contribution is 2.48. The summed E-state index contributed by atoms with van der Waals surface area (Å²) in [5.74, 6) is -6.11. The van der Waals surface area contributed by atoms with Crippen LogP contribution in [0.2, 0.25) is 0 Å². The molecule has 2 saturated heterocycles. The molecule has 4 N–H and O–H groups in total. The summed E-state index contributed by atoms with van der Waals surface area (Å²) in [7, 11) is -0.137. The van der Waals surface area contributed by atoms with Gasteiger partial charge in [-0.15, -0.1) is 4.33 Å². The van der Waals surface area contributed by atoms with Crippen molar-refractivity contribution in [2.45, 2.75) is 55.3 Å². The standard InChI is InChI=1S/C26H21N3O11S.C26H21N3O8.ClHO3S/c30-21(9-10-28-22(31)5-6-23(28)32)27-14-1-3-16-17-4-2-15(41-40-39-36)12-19(17)20(18(16)11-14)13-37-26(35)38-29-24(33)7-8-25(29)34;30-21(11-12-28-22(31)7-8-23(28)32)27-15-5-6-18-16-3-1-2-4-17(16)20(19(18)13-15)14-36-26(35)37-29-24(33)9-10-25(29)34;1-5(2,3)4/h1-6,11-12,20,36H,7-10,13H2,(H,27,30);1-8,13,20H,9-12,14H2,(H,27,30);(H,2,3,4). The SMILES string of the molecule is O=C(CCN1C(=O)C=CC1=O)Nc1ccc2c(c1)C(COC(=O)ON1C(=O)CCC1=O)c1cc(SOOO)ccc1-2.O=C(CCN1C(=O)C=CC1=O)Nc1ccc2c(c1)C(COC(=O)ON1C(=O)CCC1=O)c1ccccc1-2.O=S(=O)(O)Cl. The molecule has 4 heterocycles. The second-order valence-corrected chi connectivity index (χ2v) is 20.8. The van der Waals surface area contributed by atoms with Crippen LogP contribution in [0.4, 0.5) is 21.0 Å². The van der Waals surface area contributed by atoms with Gasteiger partial charge in [0.15, 0.2) is 0 Å². The molecule has 4 aromatic carbocycles.